The summed E-state index contributed by atoms with van der Waals surface area (Å²) in [6, 6.07) is 6.05. The largest absolute Gasteiger partial charge is 0.493 e. The lowest BCUT2D eigenvalue weighted by atomic mass is 9.97. The molecule has 1 aromatic rings. The van der Waals surface area contributed by atoms with Crippen LogP contribution in [0.25, 0.3) is 0 Å². The fraction of sp³-hybridized carbons (Fsp3) is 0.571. The number of benzene rings is 1. The molecule has 0 aliphatic rings. The van der Waals surface area contributed by atoms with Crippen LogP contribution in [0.5, 0.6) is 11.5 Å². The van der Waals surface area contributed by atoms with Crippen molar-refractivity contribution in [1.29, 1.82) is 0 Å². The Morgan fingerprint density at radius 2 is 1.76 bits per heavy atom. The van der Waals surface area contributed by atoms with Gasteiger partial charge in [-0.15, -0.1) is 0 Å². The molecule has 0 saturated carbocycles. The second-order valence-corrected chi connectivity index (χ2v) is 5.03. The number of methoxy groups -OCH3 is 2. The molecule has 96 valence electrons. The lowest BCUT2D eigenvalue weighted by Gasteiger charge is -2.18. The summed E-state index contributed by atoms with van der Waals surface area (Å²) in [7, 11) is 3.30. The monoisotopic (exact) mass is 237 g/mol. The maximum Gasteiger partial charge on any atom is 0.160 e. The van der Waals surface area contributed by atoms with Crippen molar-refractivity contribution in [2.75, 3.05) is 14.2 Å². The fourth-order valence-corrected chi connectivity index (χ4v) is 1.78. The zero-order valence-electron chi connectivity index (χ0n) is 11.2. The zero-order chi connectivity index (χ0) is 12.9. The SMILES string of the molecule is COc1ccc(CCCC(C)(C)N)cc1OC. The summed E-state index contributed by atoms with van der Waals surface area (Å²) < 4.78 is 10.5. The van der Waals surface area contributed by atoms with Crippen molar-refractivity contribution in [3.63, 3.8) is 0 Å². The molecular formula is C14H23NO2. The first-order valence-corrected chi connectivity index (χ1v) is 5.96. The normalized spacial score (nSPS) is 11.4. The van der Waals surface area contributed by atoms with Crippen LogP contribution in [0.4, 0.5) is 0 Å². The highest BCUT2D eigenvalue weighted by atomic mass is 16.5. The first-order valence-electron chi connectivity index (χ1n) is 5.96. The first-order chi connectivity index (χ1) is 7.96. The Bertz CT molecular complexity index is 356. The van der Waals surface area contributed by atoms with Crippen LogP contribution in [0, 0.1) is 0 Å². The van der Waals surface area contributed by atoms with E-state index < -0.39 is 0 Å². The third-order valence-electron chi connectivity index (χ3n) is 2.73. The molecule has 0 spiro atoms. The van der Waals surface area contributed by atoms with Crippen LogP contribution in [0.1, 0.15) is 32.3 Å². The third-order valence-corrected chi connectivity index (χ3v) is 2.73. The van der Waals surface area contributed by atoms with Gasteiger partial charge in [0.15, 0.2) is 11.5 Å². The van der Waals surface area contributed by atoms with E-state index in [1.165, 1.54) is 5.56 Å². The number of rotatable bonds is 6. The second-order valence-electron chi connectivity index (χ2n) is 5.03. The quantitative estimate of drug-likeness (QED) is 0.827. The summed E-state index contributed by atoms with van der Waals surface area (Å²) >= 11 is 0. The molecule has 0 fully saturated rings. The van der Waals surface area contributed by atoms with Crippen molar-refractivity contribution in [3.8, 4) is 11.5 Å². The number of ether oxygens (including phenoxy) is 2. The lowest BCUT2D eigenvalue weighted by molar-refractivity contribution is 0.354. The molecular weight excluding hydrogens is 214 g/mol. The number of aryl methyl sites for hydroxylation is 1. The van der Waals surface area contributed by atoms with Crippen molar-refractivity contribution in [2.45, 2.75) is 38.6 Å². The van der Waals surface area contributed by atoms with Crippen molar-refractivity contribution >= 4 is 0 Å². The van der Waals surface area contributed by atoms with E-state index in [0.717, 1.165) is 30.8 Å². The van der Waals surface area contributed by atoms with Crippen molar-refractivity contribution in [1.82, 2.24) is 0 Å². The molecule has 0 radical (unpaired) electrons. The molecule has 0 amide bonds. The average Bonchev–Trinajstić information content (AvgIpc) is 2.27. The minimum Gasteiger partial charge on any atom is -0.493 e. The van der Waals surface area contributed by atoms with Crippen LogP contribution in [0.2, 0.25) is 0 Å². The zero-order valence-corrected chi connectivity index (χ0v) is 11.2. The van der Waals surface area contributed by atoms with Crippen molar-refractivity contribution in [3.05, 3.63) is 23.8 Å². The molecule has 2 N–H and O–H groups in total. The van der Waals surface area contributed by atoms with Gasteiger partial charge < -0.3 is 15.2 Å². The van der Waals surface area contributed by atoms with E-state index in [-0.39, 0.29) is 5.54 Å². The van der Waals surface area contributed by atoms with Crippen molar-refractivity contribution < 1.29 is 9.47 Å². The van der Waals surface area contributed by atoms with E-state index in [1.54, 1.807) is 14.2 Å². The van der Waals surface area contributed by atoms with Gasteiger partial charge in [0.25, 0.3) is 0 Å². The van der Waals surface area contributed by atoms with Gasteiger partial charge in [-0.1, -0.05) is 6.07 Å². The van der Waals surface area contributed by atoms with Gasteiger partial charge >= 0.3 is 0 Å². The Morgan fingerprint density at radius 3 is 2.29 bits per heavy atom. The molecule has 0 unspecified atom stereocenters. The van der Waals surface area contributed by atoms with Crippen molar-refractivity contribution in [2.24, 2.45) is 5.73 Å². The van der Waals surface area contributed by atoms with E-state index in [1.807, 2.05) is 12.1 Å². The van der Waals surface area contributed by atoms with Crippen LogP contribution < -0.4 is 15.2 Å². The van der Waals surface area contributed by atoms with Crippen LogP contribution in [-0.2, 0) is 6.42 Å². The van der Waals surface area contributed by atoms with E-state index in [4.69, 9.17) is 15.2 Å². The summed E-state index contributed by atoms with van der Waals surface area (Å²) in [4.78, 5) is 0. The highest BCUT2D eigenvalue weighted by molar-refractivity contribution is 5.42. The van der Waals surface area contributed by atoms with Crippen LogP contribution in [0.15, 0.2) is 18.2 Å². The van der Waals surface area contributed by atoms with E-state index >= 15 is 0 Å². The van der Waals surface area contributed by atoms with Gasteiger partial charge in [-0.3, -0.25) is 0 Å². The summed E-state index contributed by atoms with van der Waals surface area (Å²) in [5.41, 5.74) is 7.13. The molecule has 3 heteroatoms. The summed E-state index contributed by atoms with van der Waals surface area (Å²) in [5.74, 6) is 1.56. The Hall–Kier alpha value is -1.22. The maximum absolute atomic E-state index is 5.96. The van der Waals surface area contributed by atoms with Crippen LogP contribution in [0.3, 0.4) is 0 Å². The number of hydrogen-bond acceptors (Lipinski definition) is 3. The van der Waals surface area contributed by atoms with Gasteiger partial charge in [-0.2, -0.15) is 0 Å². The van der Waals surface area contributed by atoms with Crippen LogP contribution >= 0.6 is 0 Å². The second kappa shape index (κ2) is 5.92. The van der Waals surface area contributed by atoms with Gasteiger partial charge in [0.2, 0.25) is 0 Å². The fourth-order valence-electron chi connectivity index (χ4n) is 1.78. The molecule has 3 nitrogen and oxygen atoms in total. The number of nitrogens with two attached hydrogens (primary N) is 1. The average molecular weight is 237 g/mol. The number of hydrogen-bond donors (Lipinski definition) is 1. The molecule has 0 bridgehead atoms. The molecule has 0 aliphatic heterocycles. The van der Waals surface area contributed by atoms with E-state index in [0.29, 0.717) is 0 Å². The summed E-state index contributed by atoms with van der Waals surface area (Å²) in [5, 5.41) is 0. The molecule has 1 rings (SSSR count). The summed E-state index contributed by atoms with van der Waals surface area (Å²) in [6.45, 7) is 4.11. The molecule has 1 aromatic carbocycles. The molecule has 0 aliphatic carbocycles. The van der Waals surface area contributed by atoms with Gasteiger partial charge in [0.1, 0.15) is 0 Å². The molecule has 0 saturated heterocycles. The third kappa shape index (κ3) is 4.65. The predicted octanol–water partition coefficient (Wildman–Crippen LogP) is 2.76. The Labute approximate surface area is 104 Å². The smallest absolute Gasteiger partial charge is 0.160 e. The highest BCUT2D eigenvalue weighted by Gasteiger charge is 2.10. The van der Waals surface area contributed by atoms with Gasteiger partial charge in [0, 0.05) is 5.54 Å². The molecule has 0 heterocycles. The maximum atomic E-state index is 5.96. The van der Waals surface area contributed by atoms with Gasteiger partial charge in [-0.25, -0.2) is 0 Å². The summed E-state index contributed by atoms with van der Waals surface area (Å²) in [6.07, 6.45) is 3.11. The van der Waals surface area contributed by atoms with E-state index in [9.17, 15) is 0 Å². The minimum absolute atomic E-state index is 0.0867. The van der Waals surface area contributed by atoms with E-state index in [2.05, 4.69) is 19.9 Å². The first kappa shape index (κ1) is 13.8. The Kier molecular flexibility index (Phi) is 4.82. The molecule has 17 heavy (non-hydrogen) atoms. The topological polar surface area (TPSA) is 44.5 Å². The highest BCUT2D eigenvalue weighted by Crippen LogP contribution is 2.28. The minimum atomic E-state index is -0.0867. The van der Waals surface area contributed by atoms with Gasteiger partial charge in [0.05, 0.1) is 14.2 Å². The standard InChI is InChI=1S/C14H23NO2/c1-14(2,15)9-5-6-11-7-8-12(16-3)13(10-11)17-4/h7-8,10H,5-6,9,15H2,1-4H3. The lowest BCUT2D eigenvalue weighted by Crippen LogP contribution is -2.31. The van der Waals surface area contributed by atoms with Gasteiger partial charge in [-0.05, 0) is 50.8 Å². The molecule has 0 atom stereocenters. The molecule has 0 aromatic heterocycles. The predicted molar refractivity (Wildman–Crippen MR) is 70.8 cm³/mol. The van der Waals surface area contributed by atoms with Crippen LogP contribution in [-0.4, -0.2) is 19.8 Å². The Balaban J connectivity index is 2.60. The Morgan fingerprint density at radius 1 is 1.12 bits per heavy atom.